The number of hydrogen-bond acceptors (Lipinski definition) is 7. The molecule has 0 saturated heterocycles. The van der Waals surface area contributed by atoms with Crippen molar-refractivity contribution in [3.05, 3.63) is 96.6 Å². The van der Waals surface area contributed by atoms with Crippen molar-refractivity contribution in [3.63, 3.8) is 0 Å². The number of para-hydroxylation sites is 1. The summed E-state index contributed by atoms with van der Waals surface area (Å²) in [7, 11) is 0. The number of thioether (sulfide) groups is 1. The minimum absolute atomic E-state index is 0.0732. The maximum absolute atomic E-state index is 12.5. The number of benzene rings is 3. The van der Waals surface area contributed by atoms with Crippen LogP contribution in [0, 0.1) is 0 Å². The van der Waals surface area contributed by atoms with Gasteiger partial charge in [-0.15, -0.1) is 16.8 Å². The molecule has 0 aliphatic carbocycles. The predicted octanol–water partition coefficient (Wildman–Crippen LogP) is 5.01. The molecule has 8 nitrogen and oxygen atoms in total. The van der Waals surface area contributed by atoms with Crippen LogP contribution in [0.1, 0.15) is 18.1 Å². The molecular weight excluding hydrogens is 486 g/mol. The van der Waals surface area contributed by atoms with Gasteiger partial charge in [0.1, 0.15) is 11.5 Å². The average Bonchev–Trinajstić information content (AvgIpc) is 3.35. The van der Waals surface area contributed by atoms with E-state index in [2.05, 4.69) is 27.3 Å². The van der Waals surface area contributed by atoms with Gasteiger partial charge in [0.2, 0.25) is 0 Å². The summed E-state index contributed by atoms with van der Waals surface area (Å²) in [4.78, 5) is 12.5. The zero-order valence-corrected chi connectivity index (χ0v) is 21.2. The lowest BCUT2D eigenvalue weighted by Gasteiger charge is -2.11. The molecule has 2 N–H and O–H groups in total. The standard InChI is InChI=1S/C28H27N5O3S/c1-3-9-20-12-8-13-22(26(20)35)18-29-30-25(34)19-37-28-32-31-27(21-10-6-5-7-11-21)33(28)23-14-16-24(17-15-23)36-4-2/h3,5-8,10-18,35H,1,4,9,19H2,2H3,(H,30,34)/b29-18-. The molecule has 0 aliphatic rings. The molecule has 1 aromatic heterocycles. The predicted molar refractivity (Wildman–Crippen MR) is 146 cm³/mol. The van der Waals surface area contributed by atoms with Gasteiger partial charge in [0.25, 0.3) is 5.91 Å². The summed E-state index contributed by atoms with van der Waals surface area (Å²) in [6.45, 7) is 6.21. The van der Waals surface area contributed by atoms with E-state index in [0.29, 0.717) is 29.6 Å². The molecule has 3 aromatic carbocycles. The summed E-state index contributed by atoms with van der Waals surface area (Å²) in [5, 5.41) is 23.7. The Bertz CT molecular complexity index is 1380. The highest BCUT2D eigenvalue weighted by molar-refractivity contribution is 7.99. The molecule has 37 heavy (non-hydrogen) atoms. The lowest BCUT2D eigenvalue weighted by Crippen LogP contribution is -2.20. The van der Waals surface area contributed by atoms with Crippen molar-refractivity contribution in [1.29, 1.82) is 0 Å². The van der Waals surface area contributed by atoms with Gasteiger partial charge in [0, 0.05) is 16.8 Å². The number of carbonyl (C=O) groups is 1. The van der Waals surface area contributed by atoms with Gasteiger partial charge in [-0.05, 0) is 49.2 Å². The number of phenols is 1. The van der Waals surface area contributed by atoms with Crippen molar-refractivity contribution in [2.45, 2.75) is 18.5 Å². The van der Waals surface area contributed by atoms with Crippen LogP contribution >= 0.6 is 11.8 Å². The molecule has 0 saturated carbocycles. The normalized spacial score (nSPS) is 10.9. The van der Waals surface area contributed by atoms with Crippen molar-refractivity contribution in [1.82, 2.24) is 20.2 Å². The Morgan fingerprint density at radius 1 is 1.11 bits per heavy atom. The van der Waals surface area contributed by atoms with E-state index in [-0.39, 0.29) is 17.4 Å². The van der Waals surface area contributed by atoms with Gasteiger partial charge in [-0.2, -0.15) is 5.10 Å². The average molecular weight is 514 g/mol. The molecule has 0 fully saturated rings. The van der Waals surface area contributed by atoms with E-state index < -0.39 is 0 Å². The van der Waals surface area contributed by atoms with Crippen LogP contribution in [0.25, 0.3) is 17.1 Å². The number of hydrazone groups is 1. The highest BCUT2D eigenvalue weighted by Crippen LogP contribution is 2.29. The fourth-order valence-corrected chi connectivity index (χ4v) is 4.34. The number of aromatic hydroxyl groups is 1. The Balaban J connectivity index is 1.49. The number of hydrogen-bond donors (Lipinski definition) is 2. The van der Waals surface area contributed by atoms with Crippen molar-refractivity contribution in [3.8, 4) is 28.6 Å². The first kappa shape index (κ1) is 25.7. The molecule has 0 bridgehead atoms. The number of nitrogens with one attached hydrogen (secondary N) is 1. The summed E-state index contributed by atoms with van der Waals surface area (Å²) in [6.07, 6.45) is 3.67. The van der Waals surface area contributed by atoms with Crippen LogP contribution in [0.15, 0.2) is 95.7 Å². The van der Waals surface area contributed by atoms with Crippen LogP contribution in [-0.2, 0) is 11.2 Å². The van der Waals surface area contributed by atoms with E-state index in [0.717, 1.165) is 22.6 Å². The van der Waals surface area contributed by atoms with Crippen LogP contribution in [0.2, 0.25) is 0 Å². The lowest BCUT2D eigenvalue weighted by atomic mass is 10.1. The monoisotopic (exact) mass is 513 g/mol. The van der Waals surface area contributed by atoms with Gasteiger partial charge in [-0.3, -0.25) is 9.36 Å². The van der Waals surface area contributed by atoms with Crippen molar-refractivity contribution in [2.75, 3.05) is 12.4 Å². The number of allylic oxidation sites excluding steroid dienone is 1. The van der Waals surface area contributed by atoms with Crippen LogP contribution < -0.4 is 10.2 Å². The largest absolute Gasteiger partial charge is 0.507 e. The van der Waals surface area contributed by atoms with E-state index in [9.17, 15) is 9.90 Å². The summed E-state index contributed by atoms with van der Waals surface area (Å²) >= 11 is 1.25. The van der Waals surface area contributed by atoms with Gasteiger partial charge in [0.15, 0.2) is 11.0 Å². The molecule has 1 heterocycles. The Kier molecular flexibility index (Phi) is 8.72. The number of ether oxygens (including phenoxy) is 1. The second kappa shape index (κ2) is 12.5. The summed E-state index contributed by atoms with van der Waals surface area (Å²) in [5.41, 5.74) is 5.51. The minimum atomic E-state index is -0.314. The summed E-state index contributed by atoms with van der Waals surface area (Å²) in [5.74, 6) is 1.31. The topological polar surface area (TPSA) is 102 Å². The highest BCUT2D eigenvalue weighted by Gasteiger charge is 2.17. The number of carbonyl (C=O) groups excluding carboxylic acids is 1. The zero-order chi connectivity index (χ0) is 26.0. The minimum Gasteiger partial charge on any atom is -0.507 e. The van der Waals surface area contributed by atoms with E-state index in [1.165, 1.54) is 18.0 Å². The fourth-order valence-electron chi connectivity index (χ4n) is 3.60. The molecule has 0 unspecified atom stereocenters. The Labute approximate surface area is 219 Å². The number of nitrogens with zero attached hydrogens (tertiary/aromatic N) is 4. The van der Waals surface area contributed by atoms with Gasteiger partial charge in [-0.25, -0.2) is 5.43 Å². The number of rotatable bonds is 11. The molecular formula is C28H27N5O3S. The molecule has 4 rings (SSSR count). The Morgan fingerprint density at radius 3 is 2.62 bits per heavy atom. The molecule has 9 heteroatoms. The maximum atomic E-state index is 12.5. The summed E-state index contributed by atoms with van der Waals surface area (Å²) in [6, 6.07) is 22.7. The molecule has 1 amide bonds. The first-order valence-corrected chi connectivity index (χ1v) is 12.7. The van der Waals surface area contributed by atoms with Crippen LogP contribution in [0.4, 0.5) is 0 Å². The third-order valence-electron chi connectivity index (χ3n) is 5.31. The SMILES string of the molecule is C=CCc1cccc(/C=N\NC(=O)CSc2nnc(-c3ccccc3)n2-c2ccc(OCC)cc2)c1O. The molecule has 0 spiro atoms. The molecule has 0 aliphatic heterocycles. The van der Waals surface area contributed by atoms with Gasteiger partial charge < -0.3 is 9.84 Å². The van der Waals surface area contributed by atoms with Crippen LogP contribution in [0.5, 0.6) is 11.5 Å². The van der Waals surface area contributed by atoms with Crippen molar-refractivity contribution in [2.24, 2.45) is 5.10 Å². The Hall–Kier alpha value is -4.37. The van der Waals surface area contributed by atoms with Gasteiger partial charge in [0.05, 0.1) is 18.6 Å². The van der Waals surface area contributed by atoms with Crippen molar-refractivity contribution < 1.29 is 14.6 Å². The fraction of sp³-hybridized carbons (Fsp3) is 0.143. The Morgan fingerprint density at radius 2 is 1.89 bits per heavy atom. The second-order valence-corrected chi connectivity index (χ2v) is 8.81. The first-order valence-electron chi connectivity index (χ1n) is 11.7. The molecule has 0 atom stereocenters. The van der Waals surface area contributed by atoms with Crippen molar-refractivity contribution >= 4 is 23.9 Å². The number of amides is 1. The van der Waals surface area contributed by atoms with Crippen LogP contribution in [-0.4, -0.2) is 44.4 Å². The van der Waals surface area contributed by atoms with E-state index >= 15 is 0 Å². The maximum Gasteiger partial charge on any atom is 0.250 e. The van der Waals surface area contributed by atoms with Crippen LogP contribution in [0.3, 0.4) is 0 Å². The first-order chi connectivity index (χ1) is 18.1. The highest BCUT2D eigenvalue weighted by atomic mass is 32.2. The van der Waals surface area contributed by atoms with E-state index in [4.69, 9.17) is 4.74 Å². The number of phenolic OH excluding ortho intramolecular Hbond substituents is 1. The molecule has 188 valence electrons. The third kappa shape index (κ3) is 6.45. The van der Waals surface area contributed by atoms with E-state index in [1.54, 1.807) is 12.1 Å². The number of aromatic nitrogens is 3. The second-order valence-electron chi connectivity index (χ2n) is 7.86. The quantitative estimate of drug-likeness (QED) is 0.127. The molecule has 4 aromatic rings. The summed E-state index contributed by atoms with van der Waals surface area (Å²) < 4.78 is 7.48. The van der Waals surface area contributed by atoms with Gasteiger partial charge in [-0.1, -0.05) is 60.3 Å². The van der Waals surface area contributed by atoms with Gasteiger partial charge >= 0.3 is 0 Å². The zero-order valence-electron chi connectivity index (χ0n) is 20.4. The smallest absolute Gasteiger partial charge is 0.250 e. The molecule has 0 radical (unpaired) electrons. The third-order valence-corrected chi connectivity index (χ3v) is 6.24. The van der Waals surface area contributed by atoms with E-state index in [1.807, 2.05) is 78.2 Å². The lowest BCUT2D eigenvalue weighted by molar-refractivity contribution is -0.118.